The van der Waals surface area contributed by atoms with E-state index >= 15 is 0 Å². The van der Waals surface area contributed by atoms with Gasteiger partial charge in [-0.05, 0) is 73.2 Å². The lowest BCUT2D eigenvalue weighted by Gasteiger charge is -2.51. The van der Waals surface area contributed by atoms with E-state index in [1.165, 1.54) is 18.9 Å². The molecule has 6 rings (SSSR count). The smallest absolute Gasteiger partial charge is 0.337 e. The lowest BCUT2D eigenvalue weighted by Crippen LogP contribution is -2.55. The molecule has 34 heavy (non-hydrogen) atoms. The summed E-state index contributed by atoms with van der Waals surface area (Å²) in [5.74, 6) is 1.38. The molecule has 2 bridgehead atoms. The van der Waals surface area contributed by atoms with Crippen molar-refractivity contribution in [3.05, 3.63) is 70.9 Å². The number of ether oxygens (including phenoxy) is 1. The van der Waals surface area contributed by atoms with Gasteiger partial charge in [0, 0.05) is 24.2 Å². The van der Waals surface area contributed by atoms with Gasteiger partial charge in [-0.3, -0.25) is 9.88 Å². The lowest BCUT2D eigenvalue weighted by atomic mass is 9.72. The van der Waals surface area contributed by atoms with Crippen LogP contribution in [0, 0.1) is 11.8 Å². The molecule has 1 aromatic heterocycles. The van der Waals surface area contributed by atoms with E-state index in [-0.39, 0.29) is 16.6 Å². The Kier molecular flexibility index (Phi) is 7.71. The highest BCUT2D eigenvalue weighted by Crippen LogP contribution is 2.42. The first-order valence-corrected chi connectivity index (χ1v) is 12.1. The summed E-state index contributed by atoms with van der Waals surface area (Å²) >= 11 is 5.54. The summed E-state index contributed by atoms with van der Waals surface area (Å²) in [5, 5.41) is 20.9. The van der Waals surface area contributed by atoms with Gasteiger partial charge in [-0.1, -0.05) is 37.1 Å². The van der Waals surface area contributed by atoms with Crippen molar-refractivity contribution >= 4 is 28.5 Å². The number of aliphatic hydroxyl groups excluding tert-OH is 1. The van der Waals surface area contributed by atoms with Gasteiger partial charge in [0.05, 0.1) is 29.3 Å². The molecule has 3 aliphatic heterocycles. The zero-order valence-electron chi connectivity index (χ0n) is 19.5. The van der Waals surface area contributed by atoms with Gasteiger partial charge in [-0.15, -0.1) is 0 Å². The fourth-order valence-corrected chi connectivity index (χ4v) is 5.56. The van der Waals surface area contributed by atoms with E-state index in [4.69, 9.17) is 21.4 Å². The van der Waals surface area contributed by atoms with Gasteiger partial charge < -0.3 is 14.9 Å². The van der Waals surface area contributed by atoms with Crippen molar-refractivity contribution in [3.63, 3.8) is 0 Å². The zero-order valence-corrected chi connectivity index (χ0v) is 20.3. The fourth-order valence-electron chi connectivity index (χ4n) is 5.34. The molecule has 0 spiro atoms. The first-order chi connectivity index (χ1) is 16.4. The fraction of sp³-hybridized carbons (Fsp3) is 0.407. The van der Waals surface area contributed by atoms with Gasteiger partial charge in [0.15, 0.2) is 0 Å². The third-order valence-electron chi connectivity index (χ3n) is 7.23. The quantitative estimate of drug-likeness (QED) is 0.504. The summed E-state index contributed by atoms with van der Waals surface area (Å²) in [6.07, 6.45) is 4.97. The Hall–Kier alpha value is -2.67. The maximum Gasteiger partial charge on any atom is 0.337 e. The van der Waals surface area contributed by atoms with Crippen LogP contribution >= 0.6 is 11.6 Å². The van der Waals surface area contributed by atoms with Crippen molar-refractivity contribution in [1.29, 1.82) is 0 Å². The second-order valence-corrected chi connectivity index (χ2v) is 9.44. The molecule has 2 aromatic carbocycles. The SMILES string of the molecule is CC[C@H]1CN2CC[C@H]1C[C@@H]2[C@@H](O)c1ccnc2ccc(OC)cc12.O=C(O)c1ccccc1Cl. The minimum atomic E-state index is -0.995. The van der Waals surface area contributed by atoms with Gasteiger partial charge in [0.25, 0.3) is 0 Å². The number of aliphatic hydroxyl groups is 1. The standard InChI is InChI=1S/C20H26N2O2.C7H5ClO2/c1-3-13-12-22-9-7-14(13)10-19(22)20(23)16-6-8-21-18-5-4-15(24-2)11-17(16)18;8-6-4-2-1-3-5(6)7(9)10/h4-6,8,11,13-14,19-20,23H,3,7,9-10,12H2,1-2H3;1-4H,(H,9,10)/t13-,14-,19+,20-;/m0./s1. The first-order valence-electron chi connectivity index (χ1n) is 11.8. The zero-order chi connectivity index (χ0) is 24.2. The summed E-state index contributed by atoms with van der Waals surface area (Å²) in [5.41, 5.74) is 2.03. The van der Waals surface area contributed by atoms with E-state index in [2.05, 4.69) is 16.8 Å². The summed E-state index contributed by atoms with van der Waals surface area (Å²) in [6, 6.07) is 14.4. The Labute approximate surface area is 205 Å². The Balaban J connectivity index is 0.000000231. The van der Waals surface area contributed by atoms with Crippen molar-refractivity contribution in [2.75, 3.05) is 20.2 Å². The number of pyridine rings is 1. The van der Waals surface area contributed by atoms with Crippen LogP contribution in [-0.4, -0.2) is 52.3 Å². The summed E-state index contributed by atoms with van der Waals surface area (Å²) in [6.45, 7) is 4.55. The average molecular weight is 483 g/mol. The number of halogens is 1. The summed E-state index contributed by atoms with van der Waals surface area (Å²) in [4.78, 5) is 17.3. The molecular weight excluding hydrogens is 452 g/mol. The maximum atomic E-state index is 11.2. The molecule has 0 radical (unpaired) electrons. The minimum absolute atomic E-state index is 0.143. The first kappa shape index (κ1) is 24.5. The van der Waals surface area contributed by atoms with E-state index in [9.17, 15) is 9.90 Å². The second-order valence-electron chi connectivity index (χ2n) is 9.03. The minimum Gasteiger partial charge on any atom is -0.497 e. The molecule has 4 heterocycles. The van der Waals surface area contributed by atoms with Crippen LogP contribution in [0.25, 0.3) is 10.9 Å². The van der Waals surface area contributed by atoms with Crippen LogP contribution in [0.15, 0.2) is 54.7 Å². The largest absolute Gasteiger partial charge is 0.497 e. The van der Waals surface area contributed by atoms with Crippen LogP contribution in [0.4, 0.5) is 0 Å². The monoisotopic (exact) mass is 482 g/mol. The molecule has 6 nitrogen and oxygen atoms in total. The van der Waals surface area contributed by atoms with Crippen molar-refractivity contribution in [3.8, 4) is 5.75 Å². The van der Waals surface area contributed by atoms with Gasteiger partial charge in [0.1, 0.15) is 5.75 Å². The number of carbonyl (C=O) groups is 1. The third kappa shape index (κ3) is 5.04. The molecular formula is C27H31ClN2O4. The lowest BCUT2D eigenvalue weighted by molar-refractivity contribution is -0.0562. The molecule has 3 aliphatic rings. The van der Waals surface area contributed by atoms with Crippen LogP contribution < -0.4 is 4.74 Å². The Morgan fingerprint density at radius 2 is 2.06 bits per heavy atom. The van der Waals surface area contributed by atoms with Gasteiger partial charge in [-0.25, -0.2) is 4.79 Å². The van der Waals surface area contributed by atoms with Crippen LogP contribution in [0.1, 0.15) is 48.2 Å². The van der Waals surface area contributed by atoms with E-state index in [0.717, 1.165) is 53.6 Å². The van der Waals surface area contributed by atoms with Crippen molar-refractivity contribution in [2.45, 2.75) is 38.3 Å². The normalized spacial score (nSPS) is 24.2. The Bertz CT molecular complexity index is 1150. The topological polar surface area (TPSA) is 82.9 Å². The number of nitrogens with zero attached hydrogens (tertiary/aromatic N) is 2. The van der Waals surface area contributed by atoms with E-state index < -0.39 is 12.1 Å². The van der Waals surface area contributed by atoms with Gasteiger partial charge >= 0.3 is 5.97 Å². The molecule has 7 heteroatoms. The number of carboxylic acids is 1. The molecule has 3 fully saturated rings. The van der Waals surface area contributed by atoms with Gasteiger partial charge in [0.2, 0.25) is 0 Å². The highest BCUT2D eigenvalue weighted by Gasteiger charge is 2.42. The molecule has 3 aromatic rings. The van der Waals surface area contributed by atoms with Crippen molar-refractivity contribution < 1.29 is 19.7 Å². The number of methoxy groups -OCH3 is 1. The number of aromatic carboxylic acids is 1. The average Bonchev–Trinajstić information content (AvgIpc) is 2.88. The summed E-state index contributed by atoms with van der Waals surface area (Å²) < 4.78 is 5.36. The second kappa shape index (κ2) is 10.7. The van der Waals surface area contributed by atoms with E-state index in [1.807, 2.05) is 24.3 Å². The van der Waals surface area contributed by atoms with Crippen LogP contribution in [0.2, 0.25) is 5.02 Å². The molecule has 0 aliphatic carbocycles. The van der Waals surface area contributed by atoms with Crippen molar-refractivity contribution in [2.24, 2.45) is 11.8 Å². The number of aromatic nitrogens is 1. The molecule has 3 saturated heterocycles. The molecule has 0 saturated carbocycles. The molecule has 2 N–H and O–H groups in total. The number of hydrogen-bond donors (Lipinski definition) is 2. The highest BCUT2D eigenvalue weighted by atomic mass is 35.5. The predicted molar refractivity (Wildman–Crippen MR) is 134 cm³/mol. The number of piperidine rings is 3. The van der Waals surface area contributed by atoms with E-state index in [1.54, 1.807) is 31.5 Å². The highest BCUT2D eigenvalue weighted by molar-refractivity contribution is 6.33. The van der Waals surface area contributed by atoms with Crippen LogP contribution in [0.3, 0.4) is 0 Å². The predicted octanol–water partition coefficient (Wildman–Crippen LogP) is 5.44. The van der Waals surface area contributed by atoms with E-state index in [0.29, 0.717) is 0 Å². The van der Waals surface area contributed by atoms with Crippen LogP contribution in [0.5, 0.6) is 5.75 Å². The van der Waals surface area contributed by atoms with Gasteiger partial charge in [-0.2, -0.15) is 0 Å². The molecule has 0 amide bonds. The van der Waals surface area contributed by atoms with Crippen molar-refractivity contribution in [1.82, 2.24) is 9.88 Å². The number of carboxylic acid groups (broad SMARTS) is 1. The Morgan fingerprint density at radius 3 is 2.68 bits per heavy atom. The number of fused-ring (bicyclic) bond motifs is 4. The molecule has 5 atom stereocenters. The number of rotatable bonds is 5. The third-order valence-corrected chi connectivity index (χ3v) is 7.56. The number of hydrogen-bond acceptors (Lipinski definition) is 5. The number of benzene rings is 2. The maximum absolute atomic E-state index is 11.2. The molecule has 1 unspecified atom stereocenters. The summed E-state index contributed by atoms with van der Waals surface area (Å²) in [7, 11) is 1.67. The Morgan fingerprint density at radius 1 is 1.26 bits per heavy atom. The molecule has 180 valence electrons. The van der Waals surface area contributed by atoms with Crippen LogP contribution in [-0.2, 0) is 0 Å².